The summed E-state index contributed by atoms with van der Waals surface area (Å²) in [6.07, 6.45) is 5.72. The van der Waals surface area contributed by atoms with E-state index < -0.39 is 11.7 Å². The summed E-state index contributed by atoms with van der Waals surface area (Å²) < 4.78 is 0. The minimum atomic E-state index is -0.862. The molecule has 0 aromatic carbocycles. The third-order valence-corrected chi connectivity index (χ3v) is 1.26. The second kappa shape index (κ2) is 1.97. The molecule has 1 rings (SSSR count). The summed E-state index contributed by atoms with van der Waals surface area (Å²) in [6, 6.07) is 0. The van der Waals surface area contributed by atoms with Crippen LogP contribution in [-0.2, 0) is 0 Å². The largest absolute Gasteiger partial charge is 0.385 e. The molecule has 1 aliphatic rings. The highest BCUT2D eigenvalue weighted by Gasteiger charge is 2.15. The van der Waals surface area contributed by atoms with Gasteiger partial charge in [0.2, 0.25) is 0 Å². The minimum Gasteiger partial charge on any atom is -0.385 e. The van der Waals surface area contributed by atoms with Crippen molar-refractivity contribution in [1.82, 2.24) is 0 Å². The monoisotopic (exact) mass is 126 g/mol. The summed E-state index contributed by atoms with van der Waals surface area (Å²) >= 11 is 0. The molecule has 1 aliphatic carbocycles. The van der Waals surface area contributed by atoms with Crippen molar-refractivity contribution in [2.75, 3.05) is 0 Å². The molecule has 0 atom stereocenters. The first kappa shape index (κ1) is 6.52. The molecule has 2 N–H and O–H groups in total. The molecule has 2 nitrogen and oxygen atoms in total. The average molecular weight is 126 g/mol. The third kappa shape index (κ3) is 1.66. The first-order valence-electron chi connectivity index (χ1n) is 2.89. The van der Waals surface area contributed by atoms with Crippen LogP contribution in [0.1, 0.15) is 6.92 Å². The number of rotatable bonds is 0. The van der Waals surface area contributed by atoms with Crippen LogP contribution in [0.4, 0.5) is 0 Å². The Balaban J connectivity index is 2.70. The van der Waals surface area contributed by atoms with E-state index in [4.69, 9.17) is 5.11 Å². The van der Waals surface area contributed by atoms with E-state index in [0.717, 1.165) is 0 Å². The molecule has 50 valence electrons. The van der Waals surface area contributed by atoms with E-state index in [1.165, 1.54) is 0 Å². The smallest absolute Gasteiger partial charge is 0.0982 e. The van der Waals surface area contributed by atoms with Gasteiger partial charge in [0.25, 0.3) is 0 Å². The molecule has 0 aromatic heterocycles. The van der Waals surface area contributed by atoms with Crippen molar-refractivity contribution in [2.24, 2.45) is 0 Å². The van der Waals surface area contributed by atoms with E-state index in [1.54, 1.807) is 31.2 Å². The van der Waals surface area contributed by atoms with Crippen LogP contribution < -0.4 is 0 Å². The van der Waals surface area contributed by atoms with E-state index in [2.05, 4.69) is 0 Å². The first-order chi connectivity index (χ1) is 4.10. The van der Waals surface area contributed by atoms with Crippen molar-refractivity contribution in [3.8, 4) is 0 Å². The SMILES string of the molecule is CC1(O)C=CC(O)C=C1. The van der Waals surface area contributed by atoms with Crippen molar-refractivity contribution in [2.45, 2.75) is 18.6 Å². The maximum atomic E-state index is 9.21. The fourth-order valence-electron chi connectivity index (χ4n) is 0.707. The van der Waals surface area contributed by atoms with Crippen LogP contribution in [0.25, 0.3) is 0 Å². The molecule has 0 saturated carbocycles. The average Bonchev–Trinajstić information content (AvgIpc) is 1.78. The van der Waals surface area contributed by atoms with Gasteiger partial charge < -0.3 is 10.2 Å². The summed E-state index contributed by atoms with van der Waals surface area (Å²) in [4.78, 5) is 0. The Kier molecular flexibility index (Phi) is 1.43. The van der Waals surface area contributed by atoms with Crippen LogP contribution in [-0.4, -0.2) is 21.9 Å². The Hall–Kier alpha value is -0.600. The lowest BCUT2D eigenvalue weighted by Gasteiger charge is -2.17. The Bertz CT molecular complexity index is 140. The van der Waals surface area contributed by atoms with Crippen LogP contribution in [0.3, 0.4) is 0 Å². The van der Waals surface area contributed by atoms with Gasteiger partial charge in [-0.05, 0) is 6.92 Å². The molecule has 0 bridgehead atoms. The van der Waals surface area contributed by atoms with Gasteiger partial charge in [-0.1, -0.05) is 24.3 Å². The second-order valence-corrected chi connectivity index (χ2v) is 2.43. The Morgan fingerprint density at radius 2 is 1.78 bits per heavy atom. The number of hydrogen-bond donors (Lipinski definition) is 2. The highest BCUT2D eigenvalue weighted by atomic mass is 16.3. The normalized spacial score (nSPS) is 41.4. The highest BCUT2D eigenvalue weighted by Crippen LogP contribution is 2.13. The molecule has 0 amide bonds. The highest BCUT2D eigenvalue weighted by molar-refractivity contribution is 5.21. The van der Waals surface area contributed by atoms with Crippen LogP contribution in [0.2, 0.25) is 0 Å². The summed E-state index contributed by atoms with van der Waals surface area (Å²) in [5.74, 6) is 0. The maximum Gasteiger partial charge on any atom is 0.0982 e. The van der Waals surface area contributed by atoms with Crippen LogP contribution in [0.15, 0.2) is 24.3 Å². The zero-order valence-corrected chi connectivity index (χ0v) is 5.28. The van der Waals surface area contributed by atoms with Gasteiger partial charge in [0.1, 0.15) is 0 Å². The number of aliphatic hydroxyl groups is 2. The van der Waals surface area contributed by atoms with Crippen molar-refractivity contribution in [3.05, 3.63) is 24.3 Å². The fraction of sp³-hybridized carbons (Fsp3) is 0.429. The molecule has 0 spiro atoms. The van der Waals surface area contributed by atoms with Gasteiger partial charge in [0.15, 0.2) is 0 Å². The minimum absolute atomic E-state index is 0.523. The van der Waals surface area contributed by atoms with Crippen LogP contribution in [0.5, 0.6) is 0 Å². The molecule has 0 saturated heterocycles. The molecule has 0 unspecified atom stereocenters. The van der Waals surface area contributed by atoms with E-state index in [1.807, 2.05) is 0 Å². The van der Waals surface area contributed by atoms with Gasteiger partial charge in [-0.2, -0.15) is 0 Å². The molecule has 0 heterocycles. The molecular weight excluding hydrogens is 116 g/mol. The van der Waals surface area contributed by atoms with Crippen LogP contribution >= 0.6 is 0 Å². The topological polar surface area (TPSA) is 40.5 Å². The first-order valence-corrected chi connectivity index (χ1v) is 2.89. The van der Waals surface area contributed by atoms with Crippen molar-refractivity contribution < 1.29 is 10.2 Å². The molecular formula is C7H10O2. The lowest BCUT2D eigenvalue weighted by atomic mass is 10.00. The second-order valence-electron chi connectivity index (χ2n) is 2.43. The van der Waals surface area contributed by atoms with E-state index >= 15 is 0 Å². The quantitative estimate of drug-likeness (QED) is 0.456. The van der Waals surface area contributed by atoms with Gasteiger partial charge in [0, 0.05) is 0 Å². The molecule has 0 aromatic rings. The molecule has 9 heavy (non-hydrogen) atoms. The van der Waals surface area contributed by atoms with Gasteiger partial charge in [-0.25, -0.2) is 0 Å². The van der Waals surface area contributed by atoms with Crippen LogP contribution in [0, 0.1) is 0 Å². The van der Waals surface area contributed by atoms with E-state index in [-0.39, 0.29) is 0 Å². The standard InChI is InChI=1S/C7H10O2/c1-7(9)4-2-6(8)3-5-7/h2-6,8-9H,1H3. The van der Waals surface area contributed by atoms with Gasteiger partial charge in [-0.15, -0.1) is 0 Å². The zero-order chi connectivity index (χ0) is 6.91. The van der Waals surface area contributed by atoms with E-state index in [0.29, 0.717) is 0 Å². The van der Waals surface area contributed by atoms with E-state index in [9.17, 15) is 5.11 Å². The molecule has 2 heteroatoms. The maximum absolute atomic E-state index is 9.21. The zero-order valence-electron chi connectivity index (χ0n) is 5.28. The predicted octanol–water partition coefficient (Wildman–Crippen LogP) is 0.224. The van der Waals surface area contributed by atoms with Gasteiger partial charge >= 0.3 is 0 Å². The summed E-state index contributed by atoms with van der Waals surface area (Å²) in [5.41, 5.74) is -0.862. The molecule has 0 aliphatic heterocycles. The van der Waals surface area contributed by atoms with Gasteiger partial charge in [0.05, 0.1) is 11.7 Å². The number of hydrogen-bond acceptors (Lipinski definition) is 2. The predicted molar refractivity (Wildman–Crippen MR) is 34.9 cm³/mol. The Labute approximate surface area is 54.1 Å². The third-order valence-electron chi connectivity index (χ3n) is 1.26. The number of aliphatic hydroxyl groups excluding tert-OH is 1. The Morgan fingerprint density at radius 1 is 1.33 bits per heavy atom. The summed E-state index contributed by atoms with van der Waals surface area (Å²) in [6.45, 7) is 1.66. The molecule has 0 radical (unpaired) electrons. The summed E-state index contributed by atoms with van der Waals surface area (Å²) in [5, 5.41) is 18.1. The molecule has 0 fully saturated rings. The van der Waals surface area contributed by atoms with Gasteiger partial charge in [-0.3, -0.25) is 0 Å². The lowest BCUT2D eigenvalue weighted by molar-refractivity contribution is 0.154. The fourth-order valence-corrected chi connectivity index (χ4v) is 0.707. The Morgan fingerprint density at radius 3 is 2.11 bits per heavy atom. The van der Waals surface area contributed by atoms with Crippen molar-refractivity contribution in [3.63, 3.8) is 0 Å². The lowest BCUT2D eigenvalue weighted by Crippen LogP contribution is -2.21. The summed E-state index contributed by atoms with van der Waals surface area (Å²) in [7, 11) is 0. The van der Waals surface area contributed by atoms with Crippen molar-refractivity contribution in [1.29, 1.82) is 0 Å². The van der Waals surface area contributed by atoms with Crippen molar-refractivity contribution >= 4 is 0 Å².